The van der Waals surface area contributed by atoms with Gasteiger partial charge < -0.3 is 5.32 Å². The summed E-state index contributed by atoms with van der Waals surface area (Å²) >= 11 is 0. The van der Waals surface area contributed by atoms with Gasteiger partial charge in [0.15, 0.2) is 0 Å². The van der Waals surface area contributed by atoms with Gasteiger partial charge in [0.05, 0.1) is 12.2 Å². The Balaban J connectivity index is 1.79. The smallest absolute Gasteiger partial charge is 0.247 e. The van der Waals surface area contributed by atoms with Crippen molar-refractivity contribution in [1.82, 2.24) is 14.7 Å². The van der Waals surface area contributed by atoms with Gasteiger partial charge in [-0.25, -0.2) is 9.07 Å². The molecule has 0 aliphatic heterocycles. The first-order valence-corrected chi connectivity index (χ1v) is 8.32. The number of nitrogens with zero attached hydrogens (tertiary/aromatic N) is 3. The molecule has 0 spiro atoms. The number of carbonyl (C=O) groups is 1. The summed E-state index contributed by atoms with van der Waals surface area (Å²) in [6, 6.07) is 7.75. The minimum Gasteiger partial charge on any atom is -0.309 e. The number of hydrogen-bond acceptors (Lipinski definition) is 3. The molecule has 1 saturated carbocycles. The number of amides is 1. The Bertz CT molecular complexity index is 689. The molecule has 1 unspecified atom stereocenters. The molecule has 0 radical (unpaired) electrons. The fourth-order valence-corrected chi connectivity index (χ4v) is 3.38. The van der Waals surface area contributed by atoms with Gasteiger partial charge in [0.1, 0.15) is 17.7 Å². The fourth-order valence-electron chi connectivity index (χ4n) is 3.38. The summed E-state index contributed by atoms with van der Waals surface area (Å²) in [7, 11) is 3.67. The third-order valence-corrected chi connectivity index (χ3v) is 4.54. The van der Waals surface area contributed by atoms with Crippen LogP contribution in [0.1, 0.15) is 43.3 Å². The monoisotopic (exact) mass is 330 g/mol. The highest BCUT2D eigenvalue weighted by Gasteiger charge is 2.26. The molecule has 128 valence electrons. The Morgan fingerprint density at radius 2 is 1.92 bits per heavy atom. The molecule has 1 aromatic heterocycles. The van der Waals surface area contributed by atoms with E-state index in [1.165, 1.54) is 25.0 Å². The van der Waals surface area contributed by atoms with Crippen LogP contribution >= 0.6 is 0 Å². The average Bonchev–Trinajstić information content (AvgIpc) is 3.20. The number of rotatable bonds is 5. The van der Waals surface area contributed by atoms with E-state index < -0.39 is 6.04 Å². The van der Waals surface area contributed by atoms with E-state index in [-0.39, 0.29) is 11.7 Å². The lowest BCUT2D eigenvalue weighted by atomic mass is 10.1. The van der Waals surface area contributed by atoms with Gasteiger partial charge >= 0.3 is 0 Å². The lowest BCUT2D eigenvalue weighted by molar-refractivity contribution is -0.120. The van der Waals surface area contributed by atoms with E-state index in [0.717, 1.165) is 24.2 Å². The maximum atomic E-state index is 13.2. The SMILES string of the molecule is CN(C)C(C(=O)Nc1ccnn1C1CCCC1)c1ccc(F)cc1. The Labute approximate surface area is 141 Å². The largest absolute Gasteiger partial charge is 0.309 e. The van der Waals surface area contributed by atoms with Crippen LogP contribution < -0.4 is 5.32 Å². The number of likely N-dealkylation sites (N-methyl/N-ethyl adjacent to an activating group) is 1. The summed E-state index contributed by atoms with van der Waals surface area (Å²) in [4.78, 5) is 14.6. The predicted octanol–water partition coefficient (Wildman–Crippen LogP) is 3.38. The van der Waals surface area contributed by atoms with Crippen LogP contribution in [0.2, 0.25) is 0 Å². The second kappa shape index (κ2) is 7.13. The zero-order valence-electron chi connectivity index (χ0n) is 14.1. The molecule has 5 nitrogen and oxygen atoms in total. The van der Waals surface area contributed by atoms with Gasteiger partial charge in [-0.2, -0.15) is 5.10 Å². The number of anilines is 1. The van der Waals surface area contributed by atoms with Crippen molar-refractivity contribution in [3.63, 3.8) is 0 Å². The van der Waals surface area contributed by atoms with Crippen molar-refractivity contribution in [3.8, 4) is 0 Å². The quantitative estimate of drug-likeness (QED) is 0.914. The van der Waals surface area contributed by atoms with E-state index in [1.54, 1.807) is 18.3 Å². The highest BCUT2D eigenvalue weighted by Crippen LogP contribution is 2.31. The maximum Gasteiger partial charge on any atom is 0.247 e. The van der Waals surface area contributed by atoms with Crippen LogP contribution in [0.5, 0.6) is 0 Å². The molecular weight excluding hydrogens is 307 g/mol. The van der Waals surface area contributed by atoms with Crippen molar-refractivity contribution in [1.29, 1.82) is 0 Å². The molecule has 1 atom stereocenters. The molecule has 1 aromatic carbocycles. The molecule has 24 heavy (non-hydrogen) atoms. The maximum absolute atomic E-state index is 13.2. The van der Waals surface area contributed by atoms with Gasteiger partial charge in [0.25, 0.3) is 0 Å². The second-order valence-electron chi connectivity index (χ2n) is 6.51. The summed E-state index contributed by atoms with van der Waals surface area (Å²) in [5.41, 5.74) is 0.755. The van der Waals surface area contributed by atoms with Crippen LogP contribution in [0.25, 0.3) is 0 Å². The highest BCUT2D eigenvalue weighted by molar-refractivity contribution is 5.94. The summed E-state index contributed by atoms with van der Waals surface area (Å²) in [5, 5.41) is 7.37. The molecular formula is C18H23FN4O. The fraction of sp³-hybridized carbons (Fsp3) is 0.444. The third-order valence-electron chi connectivity index (χ3n) is 4.54. The Morgan fingerprint density at radius 3 is 2.54 bits per heavy atom. The number of nitrogens with one attached hydrogen (secondary N) is 1. The van der Waals surface area contributed by atoms with Gasteiger partial charge in [0, 0.05) is 6.07 Å². The van der Waals surface area contributed by atoms with E-state index in [9.17, 15) is 9.18 Å². The standard InChI is InChI=1S/C18H23FN4O/c1-22(2)17(13-7-9-14(19)10-8-13)18(24)21-16-11-12-20-23(16)15-5-3-4-6-15/h7-12,15,17H,3-6H2,1-2H3,(H,21,24). The minimum atomic E-state index is -0.488. The average molecular weight is 330 g/mol. The van der Waals surface area contributed by atoms with E-state index in [1.807, 2.05) is 29.7 Å². The first-order chi connectivity index (χ1) is 11.6. The van der Waals surface area contributed by atoms with Crippen LogP contribution in [0.3, 0.4) is 0 Å². The molecule has 0 saturated heterocycles. The first kappa shape index (κ1) is 16.6. The van der Waals surface area contributed by atoms with Crippen molar-refractivity contribution in [2.45, 2.75) is 37.8 Å². The molecule has 1 fully saturated rings. The zero-order chi connectivity index (χ0) is 17.1. The van der Waals surface area contributed by atoms with Crippen molar-refractivity contribution in [3.05, 3.63) is 47.9 Å². The van der Waals surface area contributed by atoms with E-state index in [0.29, 0.717) is 6.04 Å². The highest BCUT2D eigenvalue weighted by atomic mass is 19.1. The van der Waals surface area contributed by atoms with Crippen molar-refractivity contribution >= 4 is 11.7 Å². The van der Waals surface area contributed by atoms with Gasteiger partial charge in [-0.1, -0.05) is 25.0 Å². The Hall–Kier alpha value is -2.21. The van der Waals surface area contributed by atoms with Crippen molar-refractivity contribution < 1.29 is 9.18 Å². The van der Waals surface area contributed by atoms with Crippen molar-refractivity contribution in [2.75, 3.05) is 19.4 Å². The summed E-state index contributed by atoms with van der Waals surface area (Å²) in [6.45, 7) is 0. The molecule has 1 amide bonds. The molecule has 0 bridgehead atoms. The van der Waals surface area contributed by atoms with Gasteiger partial charge in [-0.05, 0) is 44.6 Å². The van der Waals surface area contributed by atoms with Crippen molar-refractivity contribution in [2.24, 2.45) is 0 Å². The minimum absolute atomic E-state index is 0.147. The third kappa shape index (κ3) is 3.48. The van der Waals surface area contributed by atoms with Gasteiger partial charge in [-0.3, -0.25) is 9.69 Å². The van der Waals surface area contributed by atoms with Gasteiger partial charge in [-0.15, -0.1) is 0 Å². The number of carbonyl (C=O) groups excluding carboxylic acids is 1. The van der Waals surface area contributed by atoms with E-state index in [4.69, 9.17) is 0 Å². The Kier molecular flexibility index (Phi) is 4.94. The van der Waals surface area contributed by atoms with E-state index in [2.05, 4.69) is 10.4 Å². The molecule has 2 aromatic rings. The van der Waals surface area contributed by atoms with Crippen LogP contribution in [0, 0.1) is 5.82 Å². The van der Waals surface area contributed by atoms with Crippen LogP contribution in [0.15, 0.2) is 36.5 Å². The predicted molar refractivity (Wildman–Crippen MR) is 91.2 cm³/mol. The van der Waals surface area contributed by atoms with Crippen LogP contribution in [0.4, 0.5) is 10.2 Å². The van der Waals surface area contributed by atoms with Crippen LogP contribution in [-0.4, -0.2) is 34.7 Å². The second-order valence-corrected chi connectivity index (χ2v) is 6.51. The molecule has 1 aliphatic carbocycles. The Morgan fingerprint density at radius 1 is 1.25 bits per heavy atom. The van der Waals surface area contributed by atoms with E-state index >= 15 is 0 Å². The normalized spacial score (nSPS) is 16.5. The van der Waals surface area contributed by atoms with Gasteiger partial charge in [0.2, 0.25) is 5.91 Å². The number of aromatic nitrogens is 2. The lowest BCUT2D eigenvalue weighted by Gasteiger charge is -2.24. The topological polar surface area (TPSA) is 50.2 Å². The summed E-state index contributed by atoms with van der Waals surface area (Å²) in [6.07, 6.45) is 6.32. The first-order valence-electron chi connectivity index (χ1n) is 8.32. The molecule has 1 aliphatic rings. The summed E-state index contributed by atoms with van der Waals surface area (Å²) < 4.78 is 15.1. The molecule has 1 heterocycles. The molecule has 3 rings (SSSR count). The number of benzene rings is 1. The molecule has 1 N–H and O–H groups in total. The van der Waals surface area contributed by atoms with Crippen LogP contribution in [-0.2, 0) is 4.79 Å². The number of halogens is 1. The number of hydrogen-bond donors (Lipinski definition) is 1. The molecule has 6 heteroatoms. The lowest BCUT2D eigenvalue weighted by Crippen LogP contribution is -2.33. The summed E-state index contributed by atoms with van der Waals surface area (Å²) in [5.74, 6) is 0.267. The zero-order valence-corrected chi connectivity index (χ0v) is 14.1.